The number of amides is 2. The lowest BCUT2D eigenvalue weighted by atomic mass is 10.2. The molecular formula is C15H18N2O4. The van der Waals surface area contributed by atoms with Gasteiger partial charge in [-0.25, -0.2) is 4.79 Å². The smallest absolute Gasteiger partial charge is 0.319 e. The first-order valence-electron chi connectivity index (χ1n) is 6.53. The monoisotopic (exact) mass is 290 g/mol. The van der Waals surface area contributed by atoms with Crippen LogP contribution in [0.3, 0.4) is 0 Å². The predicted octanol–water partition coefficient (Wildman–Crippen LogP) is 2.28. The first-order chi connectivity index (χ1) is 10.2. The maximum Gasteiger partial charge on any atom is 0.319 e. The normalized spacial score (nSPS) is 11.9. The molecule has 0 saturated carbocycles. The van der Waals surface area contributed by atoms with Gasteiger partial charge < -0.3 is 24.9 Å². The Morgan fingerprint density at radius 1 is 1.38 bits per heavy atom. The zero-order valence-corrected chi connectivity index (χ0v) is 11.7. The van der Waals surface area contributed by atoms with Crippen LogP contribution in [0.25, 0.3) is 0 Å². The van der Waals surface area contributed by atoms with Gasteiger partial charge in [0.2, 0.25) is 0 Å². The first-order valence-corrected chi connectivity index (χ1v) is 6.53. The van der Waals surface area contributed by atoms with Gasteiger partial charge >= 0.3 is 6.03 Å². The molecule has 1 heterocycles. The fourth-order valence-corrected chi connectivity index (χ4v) is 1.85. The second kappa shape index (κ2) is 7.47. The maximum atomic E-state index is 11.8. The zero-order chi connectivity index (χ0) is 15.1. The Bertz CT molecular complexity index is 569. The van der Waals surface area contributed by atoms with Crippen molar-refractivity contribution in [2.45, 2.75) is 12.7 Å². The maximum absolute atomic E-state index is 11.8. The summed E-state index contributed by atoms with van der Waals surface area (Å²) in [6, 6.07) is 10.3. The number of carbonyl (C=O) groups is 1. The van der Waals surface area contributed by atoms with Gasteiger partial charge in [0, 0.05) is 12.8 Å². The van der Waals surface area contributed by atoms with E-state index >= 15 is 0 Å². The summed E-state index contributed by atoms with van der Waals surface area (Å²) in [4.78, 5) is 11.8. The summed E-state index contributed by atoms with van der Waals surface area (Å²) in [6.45, 7) is 0.547. The highest BCUT2D eigenvalue weighted by atomic mass is 16.5. The molecule has 1 unspecified atom stereocenters. The summed E-state index contributed by atoms with van der Waals surface area (Å²) < 4.78 is 10.1. The van der Waals surface area contributed by atoms with Gasteiger partial charge in [0.1, 0.15) is 11.9 Å². The third-order valence-electron chi connectivity index (χ3n) is 2.82. The minimum atomic E-state index is -0.870. The Morgan fingerprint density at radius 3 is 2.95 bits per heavy atom. The van der Waals surface area contributed by atoms with Crippen molar-refractivity contribution in [3.8, 4) is 0 Å². The quantitative estimate of drug-likeness (QED) is 0.762. The number of aliphatic hydroxyl groups excluding tert-OH is 1. The van der Waals surface area contributed by atoms with E-state index < -0.39 is 12.1 Å². The number of hydrogen-bond acceptors (Lipinski definition) is 4. The lowest BCUT2D eigenvalue weighted by Gasteiger charge is -2.11. The molecule has 3 N–H and O–H groups in total. The van der Waals surface area contributed by atoms with Gasteiger partial charge in [0.15, 0.2) is 0 Å². The van der Waals surface area contributed by atoms with Crippen LogP contribution >= 0.6 is 0 Å². The number of rotatable bonds is 6. The molecule has 1 aromatic carbocycles. The number of ether oxygens (including phenoxy) is 1. The Balaban J connectivity index is 1.83. The highest BCUT2D eigenvalue weighted by molar-refractivity contribution is 5.89. The molecule has 6 nitrogen and oxygen atoms in total. The van der Waals surface area contributed by atoms with Crippen molar-refractivity contribution in [3.63, 3.8) is 0 Å². The van der Waals surface area contributed by atoms with Crippen LogP contribution in [0.2, 0.25) is 0 Å². The van der Waals surface area contributed by atoms with Crippen molar-refractivity contribution in [1.29, 1.82) is 0 Å². The molecule has 21 heavy (non-hydrogen) atoms. The van der Waals surface area contributed by atoms with Gasteiger partial charge in [-0.15, -0.1) is 0 Å². The van der Waals surface area contributed by atoms with Crippen molar-refractivity contribution in [2.24, 2.45) is 0 Å². The fraction of sp³-hybridized carbons (Fsp3) is 0.267. The molecule has 0 radical (unpaired) electrons. The van der Waals surface area contributed by atoms with Crippen LogP contribution in [0.15, 0.2) is 47.1 Å². The Hall–Kier alpha value is -2.31. The van der Waals surface area contributed by atoms with Crippen molar-refractivity contribution in [1.82, 2.24) is 5.32 Å². The van der Waals surface area contributed by atoms with Crippen molar-refractivity contribution in [3.05, 3.63) is 54.0 Å². The molecule has 0 fully saturated rings. The summed E-state index contributed by atoms with van der Waals surface area (Å²) in [6.07, 6.45) is 0.602. The highest BCUT2D eigenvalue weighted by Crippen LogP contribution is 2.13. The van der Waals surface area contributed by atoms with E-state index in [1.807, 2.05) is 18.2 Å². The van der Waals surface area contributed by atoms with Crippen molar-refractivity contribution < 1.29 is 19.1 Å². The minimum Gasteiger partial charge on any atom is -0.467 e. The third kappa shape index (κ3) is 4.62. The van der Waals surface area contributed by atoms with E-state index in [1.165, 1.54) is 6.26 Å². The summed E-state index contributed by atoms with van der Waals surface area (Å²) in [7, 11) is 1.61. The van der Waals surface area contributed by atoms with Crippen LogP contribution in [0.1, 0.15) is 17.4 Å². The van der Waals surface area contributed by atoms with Crippen LogP contribution in [0, 0.1) is 0 Å². The molecule has 0 aliphatic heterocycles. The number of nitrogens with one attached hydrogen (secondary N) is 2. The number of urea groups is 1. The standard InChI is InChI=1S/C15H18N2O4/c1-20-10-11-4-2-5-12(8-11)17-15(19)16-9-13(18)14-6-3-7-21-14/h2-8,13,18H,9-10H2,1H3,(H2,16,17,19). The van der Waals surface area contributed by atoms with Gasteiger partial charge in [0.05, 0.1) is 19.4 Å². The van der Waals surface area contributed by atoms with Crippen LogP contribution in [0.5, 0.6) is 0 Å². The number of carbonyl (C=O) groups excluding carboxylic acids is 1. The second-order valence-electron chi connectivity index (χ2n) is 4.50. The molecule has 1 aromatic heterocycles. The zero-order valence-electron chi connectivity index (χ0n) is 11.7. The number of hydrogen-bond donors (Lipinski definition) is 3. The highest BCUT2D eigenvalue weighted by Gasteiger charge is 2.11. The molecular weight excluding hydrogens is 272 g/mol. The molecule has 0 saturated heterocycles. The molecule has 112 valence electrons. The first kappa shape index (κ1) is 15.1. The molecule has 0 aliphatic carbocycles. The summed E-state index contributed by atoms with van der Waals surface area (Å²) in [5.74, 6) is 0.414. The van der Waals surface area contributed by atoms with Crippen molar-refractivity contribution >= 4 is 11.7 Å². The second-order valence-corrected chi connectivity index (χ2v) is 4.50. The molecule has 0 bridgehead atoms. The lowest BCUT2D eigenvalue weighted by Crippen LogP contribution is -2.32. The molecule has 6 heteroatoms. The Morgan fingerprint density at radius 2 is 2.24 bits per heavy atom. The van der Waals surface area contributed by atoms with Crippen LogP contribution in [0.4, 0.5) is 10.5 Å². The van der Waals surface area contributed by atoms with E-state index in [0.29, 0.717) is 18.1 Å². The van der Waals surface area contributed by atoms with Crippen LogP contribution < -0.4 is 10.6 Å². The summed E-state index contributed by atoms with van der Waals surface area (Å²) in [5.41, 5.74) is 1.63. The minimum absolute atomic E-state index is 0.0666. The number of methoxy groups -OCH3 is 1. The van der Waals surface area contributed by atoms with Gasteiger partial charge in [-0.2, -0.15) is 0 Å². The topological polar surface area (TPSA) is 83.7 Å². The van der Waals surface area contributed by atoms with E-state index in [-0.39, 0.29) is 6.54 Å². The largest absolute Gasteiger partial charge is 0.467 e. The average Bonchev–Trinajstić information content (AvgIpc) is 3.00. The number of furan rings is 1. The van der Waals surface area contributed by atoms with E-state index in [2.05, 4.69) is 10.6 Å². The fourth-order valence-electron chi connectivity index (χ4n) is 1.85. The van der Waals surface area contributed by atoms with E-state index in [0.717, 1.165) is 5.56 Å². The molecule has 0 aliphatic rings. The Labute approximate surface area is 122 Å². The number of aliphatic hydroxyl groups is 1. The van der Waals surface area contributed by atoms with Gasteiger partial charge in [-0.3, -0.25) is 0 Å². The SMILES string of the molecule is COCc1cccc(NC(=O)NCC(O)c2ccco2)c1. The summed E-state index contributed by atoms with van der Waals surface area (Å²) in [5, 5.41) is 15.1. The molecule has 2 rings (SSSR count). The summed E-state index contributed by atoms with van der Waals surface area (Å²) >= 11 is 0. The number of benzene rings is 1. The number of anilines is 1. The van der Waals surface area contributed by atoms with Crippen LogP contribution in [-0.4, -0.2) is 24.8 Å². The lowest BCUT2D eigenvalue weighted by molar-refractivity contribution is 0.149. The van der Waals surface area contributed by atoms with Gasteiger partial charge in [0.25, 0.3) is 0 Å². The van der Waals surface area contributed by atoms with E-state index in [9.17, 15) is 9.90 Å². The van der Waals surface area contributed by atoms with Crippen LogP contribution in [-0.2, 0) is 11.3 Å². The third-order valence-corrected chi connectivity index (χ3v) is 2.82. The molecule has 0 spiro atoms. The van der Waals surface area contributed by atoms with Crippen molar-refractivity contribution in [2.75, 3.05) is 19.0 Å². The molecule has 2 amide bonds. The van der Waals surface area contributed by atoms with E-state index in [1.54, 1.807) is 25.3 Å². The van der Waals surface area contributed by atoms with E-state index in [4.69, 9.17) is 9.15 Å². The molecule has 2 aromatic rings. The molecule has 1 atom stereocenters. The van der Waals surface area contributed by atoms with Gasteiger partial charge in [-0.1, -0.05) is 12.1 Å². The average molecular weight is 290 g/mol. The Kier molecular flexibility index (Phi) is 5.36. The predicted molar refractivity (Wildman–Crippen MR) is 77.8 cm³/mol. The van der Waals surface area contributed by atoms with Gasteiger partial charge in [-0.05, 0) is 29.8 Å².